The van der Waals surface area contributed by atoms with E-state index in [1.165, 1.54) is 11.8 Å². The molecule has 0 saturated heterocycles. The Hall–Kier alpha value is -2.24. The first-order valence-electron chi connectivity index (χ1n) is 6.74. The van der Waals surface area contributed by atoms with E-state index in [0.29, 0.717) is 6.42 Å². The third kappa shape index (κ3) is 4.66. The van der Waals surface area contributed by atoms with Crippen molar-refractivity contribution in [2.45, 2.75) is 32.4 Å². The Balaban J connectivity index is 2.68. The summed E-state index contributed by atoms with van der Waals surface area (Å²) in [4.78, 5) is 24.2. The first-order valence-corrected chi connectivity index (χ1v) is 6.74. The lowest BCUT2D eigenvalue weighted by molar-refractivity contribution is -0.138. The van der Waals surface area contributed by atoms with Crippen LogP contribution in [0.3, 0.4) is 0 Å². The lowest BCUT2D eigenvalue weighted by Gasteiger charge is -2.26. The first kappa shape index (κ1) is 16.8. The van der Waals surface area contributed by atoms with Crippen LogP contribution in [0.25, 0.3) is 0 Å². The fourth-order valence-corrected chi connectivity index (χ4v) is 1.88. The minimum absolute atomic E-state index is 0.0951. The second-order valence-corrected chi connectivity index (χ2v) is 4.99. The van der Waals surface area contributed by atoms with E-state index in [0.717, 1.165) is 11.3 Å². The third-order valence-corrected chi connectivity index (χ3v) is 3.40. The number of benzene rings is 1. The number of carboxylic acids is 1. The third-order valence-electron chi connectivity index (χ3n) is 3.40. The molecular formula is C15H22N2O4. The lowest BCUT2D eigenvalue weighted by Crippen LogP contribution is -2.48. The molecule has 0 aliphatic heterocycles. The molecule has 1 unspecified atom stereocenters. The van der Waals surface area contributed by atoms with Gasteiger partial charge in [-0.25, -0.2) is 4.79 Å². The van der Waals surface area contributed by atoms with Crippen molar-refractivity contribution < 1.29 is 19.4 Å². The number of nitrogens with zero attached hydrogens (tertiary/aromatic N) is 1. The Morgan fingerprint density at radius 2 is 1.95 bits per heavy atom. The van der Waals surface area contributed by atoms with E-state index in [1.807, 2.05) is 31.2 Å². The van der Waals surface area contributed by atoms with Crippen molar-refractivity contribution in [2.24, 2.45) is 0 Å². The van der Waals surface area contributed by atoms with Gasteiger partial charge in [-0.05, 0) is 31.9 Å². The van der Waals surface area contributed by atoms with Crippen molar-refractivity contribution in [2.75, 3.05) is 14.2 Å². The van der Waals surface area contributed by atoms with Crippen LogP contribution in [0.15, 0.2) is 24.3 Å². The van der Waals surface area contributed by atoms with Gasteiger partial charge in [0.1, 0.15) is 11.8 Å². The number of hydrogen-bond donors (Lipinski definition) is 2. The Morgan fingerprint density at radius 1 is 1.33 bits per heavy atom. The molecule has 0 radical (unpaired) electrons. The second-order valence-electron chi connectivity index (χ2n) is 4.99. The molecule has 6 heteroatoms. The Bertz CT molecular complexity index is 504. The number of carbonyl (C=O) groups excluding carboxylic acids is 1. The number of amides is 2. The van der Waals surface area contributed by atoms with Crippen LogP contribution < -0.4 is 10.1 Å². The van der Waals surface area contributed by atoms with Crippen molar-refractivity contribution >= 4 is 12.0 Å². The number of nitrogens with one attached hydrogen (secondary N) is 1. The van der Waals surface area contributed by atoms with Crippen molar-refractivity contribution in [3.05, 3.63) is 29.8 Å². The molecule has 1 aromatic rings. The monoisotopic (exact) mass is 294 g/mol. The molecule has 1 rings (SSSR count). The highest BCUT2D eigenvalue weighted by atomic mass is 16.5. The average molecular weight is 294 g/mol. The molecule has 116 valence electrons. The summed E-state index contributed by atoms with van der Waals surface area (Å²) >= 11 is 0. The summed E-state index contributed by atoms with van der Waals surface area (Å²) < 4.78 is 5.29. The van der Waals surface area contributed by atoms with E-state index in [1.54, 1.807) is 14.2 Å². The number of para-hydroxylation sites is 1. The van der Waals surface area contributed by atoms with Crippen LogP contribution >= 0.6 is 0 Å². The zero-order valence-electron chi connectivity index (χ0n) is 12.8. The van der Waals surface area contributed by atoms with Gasteiger partial charge < -0.3 is 20.1 Å². The summed E-state index contributed by atoms with van der Waals surface area (Å²) in [7, 11) is 3.25. The van der Waals surface area contributed by atoms with Crippen molar-refractivity contribution in [3.8, 4) is 5.75 Å². The number of methoxy groups -OCH3 is 1. The summed E-state index contributed by atoms with van der Waals surface area (Å²) in [5.41, 5.74) is 0.999. The maximum atomic E-state index is 12.0. The highest BCUT2D eigenvalue weighted by molar-refractivity contribution is 5.82. The van der Waals surface area contributed by atoms with Crippen LogP contribution in [0.5, 0.6) is 5.75 Å². The molecule has 21 heavy (non-hydrogen) atoms. The van der Waals surface area contributed by atoms with Crippen LogP contribution in [-0.2, 0) is 11.2 Å². The van der Waals surface area contributed by atoms with Crippen LogP contribution in [0.1, 0.15) is 19.4 Å². The normalized spacial score (nSPS) is 13.1. The Kier molecular flexibility index (Phi) is 6.02. The molecular weight excluding hydrogens is 272 g/mol. The van der Waals surface area contributed by atoms with Crippen LogP contribution in [0, 0.1) is 0 Å². The molecule has 1 aromatic carbocycles. The Morgan fingerprint density at radius 3 is 2.52 bits per heavy atom. The minimum Gasteiger partial charge on any atom is -0.496 e. The van der Waals surface area contributed by atoms with E-state index >= 15 is 0 Å². The predicted octanol–water partition coefficient (Wildman–Crippen LogP) is 1.74. The highest BCUT2D eigenvalue weighted by Crippen LogP contribution is 2.20. The number of carbonyl (C=O) groups is 2. The van der Waals surface area contributed by atoms with Crippen molar-refractivity contribution in [1.29, 1.82) is 0 Å². The number of urea groups is 1. The predicted molar refractivity (Wildman–Crippen MR) is 79.6 cm³/mol. The maximum Gasteiger partial charge on any atom is 0.325 e. The average Bonchev–Trinajstić information content (AvgIpc) is 2.46. The van der Waals surface area contributed by atoms with Gasteiger partial charge in [-0.1, -0.05) is 18.2 Å². The molecule has 2 atom stereocenters. The van der Waals surface area contributed by atoms with Crippen LogP contribution in [0.2, 0.25) is 0 Å². The molecule has 2 N–H and O–H groups in total. The Labute approximate surface area is 124 Å². The van der Waals surface area contributed by atoms with Gasteiger partial charge in [-0.3, -0.25) is 4.79 Å². The summed E-state index contributed by atoms with van der Waals surface area (Å²) in [6, 6.07) is 6.19. The molecule has 6 nitrogen and oxygen atoms in total. The van der Waals surface area contributed by atoms with Gasteiger partial charge in [0.25, 0.3) is 0 Å². The van der Waals surface area contributed by atoms with Gasteiger partial charge in [-0.2, -0.15) is 0 Å². The molecule has 0 aliphatic rings. The minimum atomic E-state index is -1.06. The van der Waals surface area contributed by atoms with Gasteiger partial charge in [0, 0.05) is 13.1 Å². The number of aliphatic carboxylic acids is 1. The van der Waals surface area contributed by atoms with Crippen LogP contribution in [0.4, 0.5) is 4.79 Å². The summed E-state index contributed by atoms with van der Waals surface area (Å²) in [6.07, 6.45) is 0.620. The topological polar surface area (TPSA) is 78.9 Å². The fraction of sp³-hybridized carbons (Fsp3) is 0.467. The summed E-state index contributed by atoms with van der Waals surface area (Å²) in [6.45, 7) is 3.33. The number of rotatable bonds is 6. The van der Waals surface area contributed by atoms with Gasteiger partial charge in [0.05, 0.1) is 7.11 Å². The van der Waals surface area contributed by atoms with Crippen LogP contribution in [-0.4, -0.2) is 48.2 Å². The quantitative estimate of drug-likeness (QED) is 0.837. The van der Waals surface area contributed by atoms with E-state index in [-0.39, 0.29) is 6.04 Å². The van der Waals surface area contributed by atoms with E-state index in [4.69, 9.17) is 9.84 Å². The zero-order chi connectivity index (χ0) is 16.0. The largest absolute Gasteiger partial charge is 0.496 e. The number of hydrogen-bond acceptors (Lipinski definition) is 3. The standard InChI is InChI=1S/C15H22N2O4/c1-10(9-12-7-5-6-8-13(12)21-4)17(3)15(20)16-11(2)14(18)19/h5-8,10-11H,9H2,1-4H3,(H,16,20)(H,18,19)/t10?,11-/m0/s1. The van der Waals surface area contributed by atoms with E-state index < -0.39 is 18.0 Å². The molecule has 0 fully saturated rings. The van der Waals surface area contributed by atoms with Gasteiger partial charge in [0.15, 0.2) is 0 Å². The lowest BCUT2D eigenvalue weighted by atomic mass is 10.1. The fourth-order valence-electron chi connectivity index (χ4n) is 1.88. The number of ether oxygens (including phenoxy) is 1. The summed E-state index contributed by atoms with van der Waals surface area (Å²) in [5.74, 6) is -0.286. The van der Waals surface area contributed by atoms with E-state index in [9.17, 15) is 9.59 Å². The number of carboxylic acid groups (broad SMARTS) is 1. The first-order chi connectivity index (χ1) is 9.86. The van der Waals surface area contributed by atoms with Gasteiger partial charge >= 0.3 is 12.0 Å². The van der Waals surface area contributed by atoms with Gasteiger partial charge in [-0.15, -0.1) is 0 Å². The molecule has 0 aliphatic carbocycles. The molecule has 0 saturated carbocycles. The van der Waals surface area contributed by atoms with Gasteiger partial charge in [0.2, 0.25) is 0 Å². The van der Waals surface area contributed by atoms with Crippen molar-refractivity contribution in [1.82, 2.24) is 10.2 Å². The smallest absolute Gasteiger partial charge is 0.325 e. The summed E-state index contributed by atoms with van der Waals surface area (Å²) in [5, 5.41) is 11.2. The van der Waals surface area contributed by atoms with Crippen molar-refractivity contribution in [3.63, 3.8) is 0 Å². The maximum absolute atomic E-state index is 12.0. The SMILES string of the molecule is COc1ccccc1CC(C)N(C)C(=O)N[C@@H](C)C(=O)O. The second kappa shape index (κ2) is 7.52. The molecule has 0 aromatic heterocycles. The molecule has 0 spiro atoms. The zero-order valence-corrected chi connectivity index (χ0v) is 12.8. The molecule has 0 heterocycles. The molecule has 0 bridgehead atoms. The number of likely N-dealkylation sites (N-methyl/N-ethyl adjacent to an activating group) is 1. The highest BCUT2D eigenvalue weighted by Gasteiger charge is 2.21. The molecule has 2 amide bonds. The van der Waals surface area contributed by atoms with E-state index in [2.05, 4.69) is 5.32 Å².